The third-order valence-electron chi connectivity index (χ3n) is 6.34. The molecule has 0 unspecified atom stereocenters. The van der Waals surface area contributed by atoms with E-state index in [4.69, 9.17) is 21.1 Å². The average Bonchev–Trinajstić information content (AvgIpc) is 2.81. The maximum Gasteiger partial charge on any atom is 0.340 e. The summed E-state index contributed by atoms with van der Waals surface area (Å²) in [6, 6.07) is 5.10. The first-order valence-corrected chi connectivity index (χ1v) is 11.9. The van der Waals surface area contributed by atoms with E-state index >= 15 is 0 Å². The Kier molecular flexibility index (Phi) is 9.36. The van der Waals surface area contributed by atoms with Crippen LogP contribution in [0.15, 0.2) is 18.2 Å². The lowest BCUT2D eigenvalue weighted by atomic mass is 9.88. The summed E-state index contributed by atoms with van der Waals surface area (Å²) in [7, 11) is 1.26. The second-order valence-corrected chi connectivity index (χ2v) is 9.04. The molecule has 0 heterocycles. The van der Waals surface area contributed by atoms with Crippen molar-refractivity contribution in [2.75, 3.05) is 25.6 Å². The number of halogens is 1. The van der Waals surface area contributed by atoms with Crippen LogP contribution in [-0.2, 0) is 19.1 Å². The Labute approximate surface area is 194 Å². The van der Waals surface area contributed by atoms with Gasteiger partial charge in [-0.2, -0.15) is 0 Å². The number of nitrogens with zero attached hydrogens (tertiary/aromatic N) is 1. The highest BCUT2D eigenvalue weighted by atomic mass is 35.5. The number of benzene rings is 1. The molecule has 0 radical (unpaired) electrons. The van der Waals surface area contributed by atoms with Crippen molar-refractivity contribution >= 4 is 35.1 Å². The lowest BCUT2D eigenvalue weighted by molar-refractivity contribution is -0.143. The Hall–Kier alpha value is -2.12. The van der Waals surface area contributed by atoms with Crippen LogP contribution in [0, 0.1) is 0 Å². The van der Waals surface area contributed by atoms with Crippen molar-refractivity contribution in [3.63, 3.8) is 0 Å². The molecule has 7 nitrogen and oxygen atoms in total. The second-order valence-electron chi connectivity index (χ2n) is 8.61. The molecule has 2 fully saturated rings. The molecule has 1 aromatic rings. The zero-order valence-corrected chi connectivity index (χ0v) is 19.5. The van der Waals surface area contributed by atoms with E-state index in [9.17, 15) is 14.4 Å². The van der Waals surface area contributed by atoms with Crippen molar-refractivity contribution in [1.29, 1.82) is 0 Å². The van der Waals surface area contributed by atoms with E-state index in [2.05, 4.69) is 10.2 Å². The minimum absolute atomic E-state index is 0.0293. The Morgan fingerprint density at radius 2 is 1.56 bits per heavy atom. The predicted molar refractivity (Wildman–Crippen MR) is 123 cm³/mol. The van der Waals surface area contributed by atoms with Crippen LogP contribution in [-0.4, -0.2) is 55.1 Å². The summed E-state index contributed by atoms with van der Waals surface area (Å²) in [5, 5.41) is 2.99. The highest BCUT2D eigenvalue weighted by Crippen LogP contribution is 2.30. The lowest BCUT2D eigenvalue weighted by Gasteiger charge is -2.41. The number of methoxy groups -OCH3 is 1. The number of carbonyl (C=O) groups excluding carboxylic acids is 3. The molecule has 0 aromatic heterocycles. The third-order valence-corrected chi connectivity index (χ3v) is 6.58. The number of hydrogen-bond donors (Lipinski definition) is 1. The number of anilines is 1. The topological polar surface area (TPSA) is 84.9 Å². The molecule has 0 bridgehead atoms. The molecule has 1 aromatic carbocycles. The van der Waals surface area contributed by atoms with Crippen molar-refractivity contribution in [3.8, 4) is 0 Å². The summed E-state index contributed by atoms with van der Waals surface area (Å²) in [5.74, 6) is -1.08. The van der Waals surface area contributed by atoms with Crippen LogP contribution in [0.1, 0.15) is 74.6 Å². The summed E-state index contributed by atoms with van der Waals surface area (Å²) in [4.78, 5) is 39.5. The van der Waals surface area contributed by atoms with Gasteiger partial charge in [-0.15, -0.1) is 0 Å². The van der Waals surface area contributed by atoms with Gasteiger partial charge in [0.25, 0.3) is 0 Å². The highest BCUT2D eigenvalue weighted by Gasteiger charge is 2.32. The van der Waals surface area contributed by atoms with Crippen molar-refractivity contribution in [1.82, 2.24) is 4.90 Å². The van der Waals surface area contributed by atoms with Crippen LogP contribution in [0.3, 0.4) is 0 Å². The van der Waals surface area contributed by atoms with Crippen LogP contribution < -0.4 is 5.32 Å². The molecule has 32 heavy (non-hydrogen) atoms. The smallest absolute Gasteiger partial charge is 0.340 e. The largest absolute Gasteiger partial charge is 0.465 e. The van der Waals surface area contributed by atoms with Gasteiger partial charge in [0, 0.05) is 17.1 Å². The van der Waals surface area contributed by atoms with Gasteiger partial charge in [0.2, 0.25) is 11.8 Å². The zero-order chi connectivity index (χ0) is 22.9. The van der Waals surface area contributed by atoms with Gasteiger partial charge >= 0.3 is 5.97 Å². The van der Waals surface area contributed by atoms with Gasteiger partial charge in [-0.3, -0.25) is 9.59 Å². The predicted octanol–water partition coefficient (Wildman–Crippen LogP) is 4.58. The molecule has 2 aliphatic carbocycles. The fourth-order valence-electron chi connectivity index (χ4n) is 4.82. The Morgan fingerprint density at radius 1 is 0.969 bits per heavy atom. The van der Waals surface area contributed by atoms with Gasteiger partial charge in [-0.25, -0.2) is 4.79 Å². The molecule has 2 aliphatic rings. The molecule has 1 N–H and O–H groups in total. The van der Waals surface area contributed by atoms with Gasteiger partial charge < -0.3 is 19.7 Å². The molecule has 2 amide bonds. The van der Waals surface area contributed by atoms with E-state index < -0.39 is 11.9 Å². The molecular formula is C24H33ClN2O5. The lowest BCUT2D eigenvalue weighted by Crippen LogP contribution is -2.50. The van der Waals surface area contributed by atoms with Gasteiger partial charge in [0.1, 0.15) is 13.2 Å². The summed E-state index contributed by atoms with van der Waals surface area (Å²) in [6.07, 6.45) is 11.3. The Morgan fingerprint density at radius 3 is 2.12 bits per heavy atom. The van der Waals surface area contributed by atoms with Crippen LogP contribution in [0.4, 0.5) is 5.69 Å². The monoisotopic (exact) mass is 464 g/mol. The van der Waals surface area contributed by atoms with Crippen molar-refractivity contribution in [3.05, 3.63) is 28.8 Å². The highest BCUT2D eigenvalue weighted by molar-refractivity contribution is 6.31. The van der Waals surface area contributed by atoms with E-state index in [-0.39, 0.29) is 42.5 Å². The molecule has 0 spiro atoms. The first-order chi connectivity index (χ1) is 15.5. The third kappa shape index (κ3) is 6.69. The minimum Gasteiger partial charge on any atom is -0.465 e. The number of amides is 2. The maximum absolute atomic E-state index is 13.1. The van der Waals surface area contributed by atoms with Crippen LogP contribution in [0.25, 0.3) is 0 Å². The summed E-state index contributed by atoms with van der Waals surface area (Å²) < 4.78 is 10.2. The van der Waals surface area contributed by atoms with E-state index in [1.807, 2.05) is 0 Å². The summed E-state index contributed by atoms with van der Waals surface area (Å²) in [5.41, 5.74) is 0.442. The number of esters is 1. The molecule has 2 saturated carbocycles. The van der Waals surface area contributed by atoms with Gasteiger partial charge in [-0.1, -0.05) is 50.1 Å². The van der Waals surface area contributed by atoms with Crippen LogP contribution >= 0.6 is 11.6 Å². The van der Waals surface area contributed by atoms with E-state index in [0.29, 0.717) is 5.02 Å². The fourth-order valence-corrected chi connectivity index (χ4v) is 4.99. The fraction of sp³-hybridized carbons (Fsp3) is 0.625. The van der Waals surface area contributed by atoms with E-state index in [0.717, 1.165) is 51.4 Å². The molecule has 3 rings (SSSR count). The SMILES string of the molecule is COC(=O)c1cc(Cl)ccc1NC(=O)COCC(=O)N(C1CCCCC1)C1CCCCC1. The van der Waals surface area contributed by atoms with E-state index in [1.165, 1.54) is 32.1 Å². The number of hydrogen-bond acceptors (Lipinski definition) is 5. The molecule has 0 saturated heterocycles. The van der Waals surface area contributed by atoms with Crippen LogP contribution in [0.2, 0.25) is 5.02 Å². The van der Waals surface area contributed by atoms with Gasteiger partial charge in [-0.05, 0) is 43.9 Å². The Bertz CT molecular complexity index is 786. The summed E-state index contributed by atoms with van der Waals surface area (Å²) in [6.45, 7) is -0.400. The first-order valence-electron chi connectivity index (χ1n) is 11.6. The second kappa shape index (κ2) is 12.2. The number of nitrogens with one attached hydrogen (secondary N) is 1. The minimum atomic E-state index is -0.602. The number of ether oxygens (including phenoxy) is 2. The van der Waals surface area contributed by atoms with Gasteiger partial charge in [0.15, 0.2) is 0 Å². The zero-order valence-electron chi connectivity index (χ0n) is 18.7. The van der Waals surface area contributed by atoms with E-state index in [1.54, 1.807) is 6.07 Å². The molecular weight excluding hydrogens is 432 g/mol. The quantitative estimate of drug-likeness (QED) is 0.569. The van der Waals surface area contributed by atoms with Crippen molar-refractivity contribution in [2.24, 2.45) is 0 Å². The van der Waals surface area contributed by atoms with Gasteiger partial charge in [0.05, 0.1) is 18.4 Å². The van der Waals surface area contributed by atoms with Crippen molar-refractivity contribution < 1.29 is 23.9 Å². The molecule has 0 atom stereocenters. The normalized spacial score (nSPS) is 17.6. The standard InChI is InChI=1S/C24H33ClN2O5/c1-31-24(30)20-14-17(25)12-13-21(20)26-22(28)15-32-16-23(29)27(18-8-4-2-5-9-18)19-10-6-3-7-11-19/h12-14,18-19H,2-11,15-16H2,1H3,(H,26,28). The number of rotatable bonds is 8. The summed E-state index contributed by atoms with van der Waals surface area (Å²) >= 11 is 5.94. The maximum atomic E-state index is 13.1. The first kappa shape index (κ1) is 24.5. The number of carbonyl (C=O) groups is 3. The molecule has 8 heteroatoms. The van der Waals surface area contributed by atoms with Crippen LogP contribution in [0.5, 0.6) is 0 Å². The van der Waals surface area contributed by atoms with Crippen molar-refractivity contribution in [2.45, 2.75) is 76.3 Å². The Balaban J connectivity index is 1.55. The molecule has 0 aliphatic heterocycles. The average molecular weight is 465 g/mol. The molecule has 176 valence electrons.